The van der Waals surface area contributed by atoms with E-state index in [-0.39, 0.29) is 5.38 Å². The highest BCUT2D eigenvalue weighted by Gasteiger charge is 2.21. The molecule has 0 radical (unpaired) electrons. The van der Waals surface area contributed by atoms with Gasteiger partial charge in [-0.1, -0.05) is 0 Å². The summed E-state index contributed by atoms with van der Waals surface area (Å²) in [6.07, 6.45) is 1.90. The lowest BCUT2D eigenvalue weighted by atomic mass is 10.2. The Hall–Kier alpha value is -1.82. The lowest BCUT2D eigenvalue weighted by Crippen LogP contribution is -2.09. The second kappa shape index (κ2) is 4.87. The molecule has 0 aliphatic carbocycles. The maximum absolute atomic E-state index is 6.32. The Morgan fingerprint density at radius 2 is 1.95 bits per heavy atom. The number of imidazole rings is 1. The molecule has 0 fully saturated rings. The van der Waals surface area contributed by atoms with Gasteiger partial charge < -0.3 is 4.57 Å². The molecule has 0 aromatic carbocycles. The Kier molecular flexibility index (Phi) is 3.28. The number of fused-ring (bicyclic) bond motifs is 1. The van der Waals surface area contributed by atoms with Crippen LogP contribution in [-0.4, -0.2) is 29.1 Å². The van der Waals surface area contributed by atoms with Gasteiger partial charge in [0.2, 0.25) is 0 Å². The van der Waals surface area contributed by atoms with Gasteiger partial charge in [0.1, 0.15) is 11.3 Å². The molecule has 0 amide bonds. The van der Waals surface area contributed by atoms with Gasteiger partial charge >= 0.3 is 0 Å². The molecule has 21 heavy (non-hydrogen) atoms. The molecule has 3 aromatic heterocycles. The van der Waals surface area contributed by atoms with Crippen molar-refractivity contribution in [2.75, 3.05) is 0 Å². The van der Waals surface area contributed by atoms with Gasteiger partial charge in [-0.25, -0.2) is 4.98 Å². The number of hydrogen-bond acceptors (Lipinski definition) is 3. The molecule has 0 spiro atoms. The molecule has 1 atom stereocenters. The molecular weight excluding hydrogens is 288 g/mol. The van der Waals surface area contributed by atoms with E-state index < -0.39 is 0 Å². The van der Waals surface area contributed by atoms with E-state index in [9.17, 15) is 0 Å². The Balaban J connectivity index is 2.19. The van der Waals surface area contributed by atoms with Gasteiger partial charge in [0, 0.05) is 25.4 Å². The van der Waals surface area contributed by atoms with Crippen LogP contribution in [-0.2, 0) is 20.6 Å². The molecular formula is C14H19ClN6. The molecule has 0 N–H and O–H groups in total. The second-order valence-corrected chi connectivity index (χ2v) is 6.09. The summed E-state index contributed by atoms with van der Waals surface area (Å²) >= 11 is 6.32. The number of nitrogens with zero attached hydrogens (tertiary/aromatic N) is 6. The van der Waals surface area contributed by atoms with Crippen molar-refractivity contribution in [3.63, 3.8) is 0 Å². The van der Waals surface area contributed by atoms with Crippen LogP contribution in [0.15, 0.2) is 6.20 Å². The normalized spacial score (nSPS) is 13.2. The summed E-state index contributed by atoms with van der Waals surface area (Å²) in [6, 6.07) is 0. The first-order chi connectivity index (χ1) is 9.90. The van der Waals surface area contributed by atoms with E-state index >= 15 is 0 Å². The molecule has 6 nitrogen and oxygen atoms in total. The first-order valence-corrected chi connectivity index (χ1v) is 7.35. The lowest BCUT2D eigenvalue weighted by Gasteiger charge is -2.10. The predicted octanol–water partition coefficient (Wildman–Crippen LogP) is 2.47. The average Bonchev–Trinajstić information content (AvgIpc) is 3.02. The highest BCUT2D eigenvalue weighted by Crippen LogP contribution is 2.27. The van der Waals surface area contributed by atoms with Crippen molar-refractivity contribution in [3.8, 4) is 0 Å². The molecule has 3 aromatic rings. The van der Waals surface area contributed by atoms with Gasteiger partial charge in [0.25, 0.3) is 0 Å². The van der Waals surface area contributed by atoms with Crippen LogP contribution in [0.25, 0.3) is 11.2 Å². The topological polar surface area (TPSA) is 53.5 Å². The third-order valence-electron chi connectivity index (χ3n) is 3.94. The first-order valence-electron chi connectivity index (χ1n) is 6.91. The van der Waals surface area contributed by atoms with E-state index in [0.717, 1.165) is 33.9 Å². The van der Waals surface area contributed by atoms with Crippen LogP contribution in [0.4, 0.5) is 0 Å². The molecule has 0 saturated heterocycles. The molecule has 0 aliphatic rings. The molecule has 3 rings (SSSR count). The van der Waals surface area contributed by atoms with Gasteiger partial charge in [-0.2, -0.15) is 10.2 Å². The third-order valence-corrected chi connectivity index (χ3v) is 4.14. The Morgan fingerprint density at radius 1 is 1.24 bits per heavy atom. The lowest BCUT2D eigenvalue weighted by molar-refractivity contribution is 0.681. The standard InChI is InChI=1S/C14H19ClN6/c1-8(15)13-17-12-9(2)18-20(5)14(12)21(13)7-11-6-16-19(4)10(11)3/h6,8H,7H2,1-5H3. The van der Waals surface area contributed by atoms with Crippen molar-refractivity contribution >= 4 is 22.8 Å². The molecule has 3 heterocycles. The fourth-order valence-electron chi connectivity index (χ4n) is 2.68. The zero-order valence-electron chi connectivity index (χ0n) is 12.9. The summed E-state index contributed by atoms with van der Waals surface area (Å²) in [5, 5.41) is 8.60. The van der Waals surface area contributed by atoms with Crippen molar-refractivity contribution in [3.05, 3.63) is 29.0 Å². The zero-order chi connectivity index (χ0) is 15.3. The highest BCUT2D eigenvalue weighted by molar-refractivity contribution is 6.20. The fourth-order valence-corrected chi connectivity index (χ4v) is 2.85. The van der Waals surface area contributed by atoms with Gasteiger partial charge in [-0.05, 0) is 20.8 Å². The number of aromatic nitrogens is 6. The minimum atomic E-state index is -0.159. The molecule has 112 valence electrons. The zero-order valence-corrected chi connectivity index (χ0v) is 13.7. The average molecular weight is 307 g/mol. The summed E-state index contributed by atoms with van der Waals surface area (Å²) in [5.74, 6) is 0.867. The van der Waals surface area contributed by atoms with Crippen molar-refractivity contribution in [2.24, 2.45) is 14.1 Å². The molecule has 0 aliphatic heterocycles. The van der Waals surface area contributed by atoms with Gasteiger partial charge in [-0.15, -0.1) is 11.6 Å². The van der Waals surface area contributed by atoms with E-state index in [1.807, 2.05) is 43.5 Å². The smallest absolute Gasteiger partial charge is 0.159 e. The quantitative estimate of drug-likeness (QED) is 0.699. The number of alkyl halides is 1. The number of halogens is 1. The molecule has 7 heteroatoms. The highest BCUT2D eigenvalue weighted by atomic mass is 35.5. The van der Waals surface area contributed by atoms with Crippen LogP contribution in [0, 0.1) is 13.8 Å². The van der Waals surface area contributed by atoms with E-state index in [4.69, 9.17) is 11.6 Å². The minimum absolute atomic E-state index is 0.159. The molecule has 1 unspecified atom stereocenters. The molecule has 0 saturated carbocycles. The summed E-state index contributed by atoms with van der Waals surface area (Å²) in [5.41, 5.74) is 5.14. The van der Waals surface area contributed by atoms with Crippen LogP contribution in [0.2, 0.25) is 0 Å². The summed E-state index contributed by atoms with van der Waals surface area (Å²) in [4.78, 5) is 4.69. The third kappa shape index (κ3) is 2.14. The van der Waals surface area contributed by atoms with Crippen molar-refractivity contribution in [1.29, 1.82) is 0 Å². The fraction of sp³-hybridized carbons (Fsp3) is 0.500. The maximum atomic E-state index is 6.32. The van der Waals surface area contributed by atoms with Crippen LogP contribution in [0.3, 0.4) is 0 Å². The van der Waals surface area contributed by atoms with E-state index in [0.29, 0.717) is 6.54 Å². The van der Waals surface area contributed by atoms with Crippen molar-refractivity contribution in [1.82, 2.24) is 29.1 Å². The summed E-state index contributed by atoms with van der Waals surface area (Å²) in [6.45, 7) is 6.67. The van der Waals surface area contributed by atoms with Crippen LogP contribution < -0.4 is 0 Å². The largest absolute Gasteiger partial charge is 0.307 e. The van der Waals surface area contributed by atoms with E-state index in [1.54, 1.807) is 0 Å². The van der Waals surface area contributed by atoms with Crippen LogP contribution in [0.5, 0.6) is 0 Å². The summed E-state index contributed by atoms with van der Waals surface area (Å²) < 4.78 is 5.88. The Labute approximate surface area is 128 Å². The second-order valence-electron chi connectivity index (χ2n) is 5.43. The molecule has 0 bridgehead atoms. The van der Waals surface area contributed by atoms with Crippen LogP contribution >= 0.6 is 11.6 Å². The minimum Gasteiger partial charge on any atom is -0.307 e. The van der Waals surface area contributed by atoms with E-state index in [1.165, 1.54) is 0 Å². The van der Waals surface area contributed by atoms with Crippen LogP contribution in [0.1, 0.15) is 35.1 Å². The van der Waals surface area contributed by atoms with E-state index in [2.05, 4.69) is 26.7 Å². The van der Waals surface area contributed by atoms with Crippen molar-refractivity contribution < 1.29 is 0 Å². The Morgan fingerprint density at radius 3 is 2.52 bits per heavy atom. The first kappa shape index (κ1) is 14.1. The SMILES string of the molecule is Cc1nn(C)c2c1nc(C(C)Cl)n2Cc1cnn(C)c1C. The van der Waals surface area contributed by atoms with Crippen molar-refractivity contribution in [2.45, 2.75) is 32.7 Å². The number of aryl methyl sites for hydroxylation is 3. The van der Waals surface area contributed by atoms with Gasteiger partial charge in [-0.3, -0.25) is 9.36 Å². The maximum Gasteiger partial charge on any atom is 0.159 e. The Bertz CT molecular complexity index is 807. The van der Waals surface area contributed by atoms with Gasteiger partial charge in [0.15, 0.2) is 5.65 Å². The number of hydrogen-bond donors (Lipinski definition) is 0. The summed E-state index contributed by atoms with van der Waals surface area (Å²) in [7, 11) is 3.88. The number of rotatable bonds is 3. The predicted molar refractivity (Wildman–Crippen MR) is 82.6 cm³/mol. The monoisotopic (exact) mass is 306 g/mol. The van der Waals surface area contributed by atoms with Gasteiger partial charge in [0.05, 0.1) is 23.8 Å².